The van der Waals surface area contributed by atoms with E-state index in [1.807, 2.05) is 13.8 Å². The molecule has 0 radical (unpaired) electrons. The third-order valence-corrected chi connectivity index (χ3v) is 4.88. The minimum absolute atomic E-state index is 0.287. The fraction of sp³-hybridized carbons (Fsp3) is 0.467. The Morgan fingerprint density at radius 3 is 2.86 bits per heavy atom. The second-order valence-corrected chi connectivity index (χ2v) is 7.18. The molecule has 0 atom stereocenters. The number of benzene rings is 1. The van der Waals surface area contributed by atoms with Crippen LogP contribution in [0.1, 0.15) is 48.7 Å². The van der Waals surface area contributed by atoms with Gasteiger partial charge in [0.2, 0.25) is 0 Å². The Kier molecular flexibility index (Phi) is 3.99. The Morgan fingerprint density at radius 2 is 2.19 bits per heavy atom. The first kappa shape index (κ1) is 14.9. The van der Waals surface area contributed by atoms with Crippen molar-refractivity contribution < 1.29 is 4.39 Å². The van der Waals surface area contributed by atoms with Gasteiger partial charge in [0.15, 0.2) is 0 Å². The number of rotatable bonds is 5. The molecule has 1 aromatic heterocycles. The van der Waals surface area contributed by atoms with Gasteiger partial charge in [-0.3, -0.25) is 0 Å². The molecular weight excluding hydrogens is 309 g/mol. The van der Waals surface area contributed by atoms with Crippen molar-refractivity contribution in [3.63, 3.8) is 0 Å². The average Bonchev–Trinajstić information content (AvgIpc) is 3.15. The minimum Gasteiger partial charge on any atom is -0.303 e. The molecule has 0 bridgehead atoms. The molecule has 1 N–H and O–H groups in total. The molecule has 1 aliphatic rings. The van der Waals surface area contributed by atoms with E-state index < -0.39 is 5.54 Å². The average molecular weight is 326 g/mol. The van der Waals surface area contributed by atoms with Crippen LogP contribution in [-0.4, -0.2) is 9.59 Å². The standard InChI is InChI=1S/C15H17ClFN3S/c1-15(2,13-10(16)4-3-5-11(13)17)18-8-12-14(9-6-7-9)19-20-21-12/h3-5,9,18H,6-8H2,1-2H3. The molecule has 0 aliphatic heterocycles. The Hall–Kier alpha value is -1.04. The van der Waals surface area contributed by atoms with Crippen molar-refractivity contribution in [3.05, 3.63) is 45.2 Å². The first-order valence-corrected chi connectivity index (χ1v) is 8.15. The summed E-state index contributed by atoms with van der Waals surface area (Å²) in [6, 6.07) is 4.78. The molecule has 2 aromatic rings. The Balaban J connectivity index is 1.78. The summed E-state index contributed by atoms with van der Waals surface area (Å²) in [5, 5.41) is 8.05. The summed E-state index contributed by atoms with van der Waals surface area (Å²) >= 11 is 7.58. The number of hydrogen-bond acceptors (Lipinski definition) is 4. The normalized spacial score (nSPS) is 15.4. The lowest BCUT2D eigenvalue weighted by Crippen LogP contribution is -2.37. The van der Waals surface area contributed by atoms with E-state index in [2.05, 4.69) is 14.9 Å². The van der Waals surface area contributed by atoms with Gasteiger partial charge in [-0.1, -0.05) is 22.2 Å². The molecule has 6 heteroatoms. The summed E-state index contributed by atoms with van der Waals surface area (Å²) in [5.74, 6) is 0.283. The zero-order chi connectivity index (χ0) is 15.0. The Morgan fingerprint density at radius 1 is 1.43 bits per heavy atom. The molecule has 0 amide bonds. The number of halogens is 2. The maximum Gasteiger partial charge on any atom is 0.129 e. The maximum absolute atomic E-state index is 14.1. The van der Waals surface area contributed by atoms with E-state index in [4.69, 9.17) is 11.6 Å². The van der Waals surface area contributed by atoms with Crippen LogP contribution in [0.5, 0.6) is 0 Å². The van der Waals surface area contributed by atoms with Crippen LogP contribution >= 0.6 is 23.1 Å². The van der Waals surface area contributed by atoms with E-state index in [9.17, 15) is 4.39 Å². The molecule has 3 nitrogen and oxygen atoms in total. The number of hydrogen-bond donors (Lipinski definition) is 1. The second-order valence-electron chi connectivity index (χ2n) is 5.93. The number of aromatic nitrogens is 2. The highest BCUT2D eigenvalue weighted by molar-refractivity contribution is 7.05. The van der Waals surface area contributed by atoms with E-state index in [1.54, 1.807) is 12.1 Å². The van der Waals surface area contributed by atoms with Crippen LogP contribution in [0, 0.1) is 5.82 Å². The predicted octanol–water partition coefficient (Wildman–Crippen LogP) is 4.23. The van der Waals surface area contributed by atoms with Crippen LogP contribution in [0.25, 0.3) is 0 Å². The summed E-state index contributed by atoms with van der Waals surface area (Å²) < 4.78 is 18.1. The van der Waals surface area contributed by atoms with Crippen LogP contribution < -0.4 is 5.32 Å². The van der Waals surface area contributed by atoms with E-state index in [-0.39, 0.29) is 5.82 Å². The van der Waals surface area contributed by atoms with E-state index in [0.29, 0.717) is 23.0 Å². The van der Waals surface area contributed by atoms with Gasteiger partial charge >= 0.3 is 0 Å². The molecular formula is C15H17ClFN3S. The lowest BCUT2D eigenvalue weighted by Gasteiger charge is -2.28. The fourth-order valence-electron chi connectivity index (χ4n) is 2.49. The fourth-order valence-corrected chi connectivity index (χ4v) is 3.55. The van der Waals surface area contributed by atoms with Gasteiger partial charge in [-0.2, -0.15) is 0 Å². The van der Waals surface area contributed by atoms with Crippen LogP contribution in [0.4, 0.5) is 4.39 Å². The van der Waals surface area contributed by atoms with Crippen molar-refractivity contribution in [2.75, 3.05) is 0 Å². The third-order valence-electron chi connectivity index (χ3n) is 3.83. The largest absolute Gasteiger partial charge is 0.303 e. The van der Waals surface area contributed by atoms with E-state index in [0.717, 1.165) is 10.6 Å². The van der Waals surface area contributed by atoms with Gasteiger partial charge in [-0.15, -0.1) is 5.10 Å². The molecule has 1 aromatic carbocycles. The number of nitrogens with one attached hydrogen (secondary N) is 1. The highest BCUT2D eigenvalue weighted by Gasteiger charge is 2.31. The molecule has 3 rings (SSSR count). The molecule has 1 fully saturated rings. The smallest absolute Gasteiger partial charge is 0.129 e. The molecule has 1 heterocycles. The zero-order valence-corrected chi connectivity index (χ0v) is 13.6. The van der Waals surface area contributed by atoms with E-state index >= 15 is 0 Å². The van der Waals surface area contributed by atoms with Crippen molar-refractivity contribution in [1.29, 1.82) is 0 Å². The highest BCUT2D eigenvalue weighted by atomic mass is 35.5. The molecule has 112 valence electrons. The van der Waals surface area contributed by atoms with Crippen LogP contribution in [0.15, 0.2) is 18.2 Å². The predicted molar refractivity (Wildman–Crippen MR) is 83.2 cm³/mol. The van der Waals surface area contributed by atoms with Gasteiger partial charge in [-0.25, -0.2) is 4.39 Å². The minimum atomic E-state index is -0.562. The topological polar surface area (TPSA) is 37.8 Å². The second kappa shape index (κ2) is 5.63. The van der Waals surface area contributed by atoms with Gasteiger partial charge in [-0.05, 0) is 50.4 Å². The van der Waals surface area contributed by atoms with Crippen molar-refractivity contribution in [2.24, 2.45) is 0 Å². The molecule has 1 saturated carbocycles. The molecule has 0 unspecified atom stereocenters. The molecule has 0 spiro atoms. The first-order valence-electron chi connectivity index (χ1n) is 6.99. The number of nitrogens with zero attached hydrogens (tertiary/aromatic N) is 2. The van der Waals surface area contributed by atoms with Gasteiger partial charge in [0.05, 0.1) is 10.6 Å². The van der Waals surface area contributed by atoms with Crippen molar-refractivity contribution in [3.8, 4) is 0 Å². The monoisotopic (exact) mass is 325 g/mol. The Labute approximate surface area is 132 Å². The van der Waals surface area contributed by atoms with Gasteiger partial charge in [0.1, 0.15) is 5.82 Å². The Bertz CT molecular complexity index is 632. The molecule has 0 saturated heterocycles. The third kappa shape index (κ3) is 3.10. The summed E-state index contributed by atoms with van der Waals surface area (Å²) in [6.07, 6.45) is 2.39. The lowest BCUT2D eigenvalue weighted by molar-refractivity contribution is 0.384. The summed E-state index contributed by atoms with van der Waals surface area (Å²) in [6.45, 7) is 4.49. The first-order chi connectivity index (χ1) is 9.99. The molecule has 1 aliphatic carbocycles. The maximum atomic E-state index is 14.1. The summed E-state index contributed by atoms with van der Waals surface area (Å²) in [5.41, 5.74) is 1.03. The SMILES string of the molecule is CC(C)(NCc1snnc1C1CC1)c1c(F)cccc1Cl. The highest BCUT2D eigenvalue weighted by Crippen LogP contribution is 2.41. The molecule has 21 heavy (non-hydrogen) atoms. The summed E-state index contributed by atoms with van der Waals surface area (Å²) in [7, 11) is 0. The van der Waals surface area contributed by atoms with E-state index in [1.165, 1.54) is 30.4 Å². The lowest BCUT2D eigenvalue weighted by atomic mass is 9.93. The van der Waals surface area contributed by atoms with Crippen molar-refractivity contribution in [1.82, 2.24) is 14.9 Å². The van der Waals surface area contributed by atoms with Gasteiger partial charge in [0.25, 0.3) is 0 Å². The van der Waals surface area contributed by atoms with Gasteiger partial charge in [0, 0.05) is 28.6 Å². The van der Waals surface area contributed by atoms with Crippen molar-refractivity contribution in [2.45, 2.75) is 44.7 Å². The summed E-state index contributed by atoms with van der Waals surface area (Å²) in [4.78, 5) is 1.14. The van der Waals surface area contributed by atoms with Crippen molar-refractivity contribution >= 4 is 23.1 Å². The van der Waals surface area contributed by atoms with Gasteiger partial charge < -0.3 is 5.32 Å². The van der Waals surface area contributed by atoms with Crippen LogP contribution in [0.3, 0.4) is 0 Å². The zero-order valence-electron chi connectivity index (χ0n) is 12.0. The van der Waals surface area contributed by atoms with Crippen LogP contribution in [-0.2, 0) is 12.1 Å². The quantitative estimate of drug-likeness (QED) is 0.893. The van der Waals surface area contributed by atoms with Crippen LogP contribution in [0.2, 0.25) is 5.02 Å².